The summed E-state index contributed by atoms with van der Waals surface area (Å²) in [6, 6.07) is 4.72. The number of amides is 4. The fourth-order valence-corrected chi connectivity index (χ4v) is 3.30. The van der Waals surface area contributed by atoms with Crippen LogP contribution < -0.4 is 10.6 Å². The van der Waals surface area contributed by atoms with Gasteiger partial charge in [-0.15, -0.1) is 0 Å². The summed E-state index contributed by atoms with van der Waals surface area (Å²) < 4.78 is 0. The number of nitrogens with zero attached hydrogens (tertiary/aromatic N) is 1. The minimum atomic E-state index is -0.938. The van der Waals surface area contributed by atoms with Crippen molar-refractivity contribution in [2.45, 2.75) is 58.4 Å². The first-order valence-electron chi connectivity index (χ1n) is 8.97. The highest BCUT2D eigenvalue weighted by atomic mass is 35.5. The Morgan fingerprint density at radius 1 is 1.27 bits per heavy atom. The Bertz CT molecular complexity index is 707. The molecule has 1 fully saturated rings. The minimum absolute atomic E-state index is 0.334. The van der Waals surface area contributed by atoms with Gasteiger partial charge in [-0.25, -0.2) is 4.79 Å². The van der Waals surface area contributed by atoms with Crippen LogP contribution in [0.2, 0.25) is 5.02 Å². The first-order valence-corrected chi connectivity index (χ1v) is 9.35. The molecule has 0 saturated carbocycles. The standard InChI is InChI=1S/C19H26ClN3O3/c1-4-5-6-7-10-19(3)17(25)23(18(26)22-19)12-16(24)21-15-9-8-13(2)11-14(15)20/h8-9,11H,4-7,10,12H2,1-3H3,(H,21,24)(H,22,26). The van der Waals surface area contributed by atoms with Crippen LogP contribution >= 0.6 is 11.6 Å². The molecule has 1 saturated heterocycles. The molecule has 1 heterocycles. The number of imide groups is 1. The second-order valence-corrected chi connectivity index (χ2v) is 7.40. The maximum atomic E-state index is 12.6. The number of benzene rings is 1. The molecule has 0 bridgehead atoms. The van der Waals surface area contributed by atoms with Crippen LogP contribution in [0, 0.1) is 6.92 Å². The number of anilines is 1. The number of unbranched alkanes of at least 4 members (excludes halogenated alkanes) is 3. The summed E-state index contributed by atoms with van der Waals surface area (Å²) in [5.41, 5.74) is 0.490. The number of nitrogens with one attached hydrogen (secondary N) is 2. The molecule has 2 N–H and O–H groups in total. The summed E-state index contributed by atoms with van der Waals surface area (Å²) in [6.45, 7) is 5.39. The van der Waals surface area contributed by atoms with Crippen LogP contribution in [0.25, 0.3) is 0 Å². The first kappa shape index (κ1) is 20.2. The van der Waals surface area contributed by atoms with Crippen molar-refractivity contribution in [1.82, 2.24) is 10.2 Å². The van der Waals surface area contributed by atoms with Crippen molar-refractivity contribution in [2.24, 2.45) is 0 Å². The monoisotopic (exact) mass is 379 g/mol. The van der Waals surface area contributed by atoms with E-state index in [0.29, 0.717) is 17.1 Å². The van der Waals surface area contributed by atoms with E-state index < -0.39 is 17.5 Å². The summed E-state index contributed by atoms with van der Waals surface area (Å²) >= 11 is 6.10. The molecule has 0 radical (unpaired) electrons. The molecule has 1 aromatic carbocycles. The number of hydrogen-bond donors (Lipinski definition) is 2. The average molecular weight is 380 g/mol. The van der Waals surface area contributed by atoms with Crippen molar-refractivity contribution in [3.05, 3.63) is 28.8 Å². The van der Waals surface area contributed by atoms with Gasteiger partial charge in [0, 0.05) is 0 Å². The molecule has 6 nitrogen and oxygen atoms in total. The molecule has 0 aliphatic carbocycles. The van der Waals surface area contributed by atoms with E-state index in [1.54, 1.807) is 19.1 Å². The van der Waals surface area contributed by atoms with E-state index in [1.165, 1.54) is 0 Å². The van der Waals surface area contributed by atoms with Crippen LogP contribution in [-0.2, 0) is 9.59 Å². The molecule has 26 heavy (non-hydrogen) atoms. The lowest BCUT2D eigenvalue weighted by atomic mass is 9.94. The van der Waals surface area contributed by atoms with E-state index in [4.69, 9.17) is 11.6 Å². The van der Waals surface area contributed by atoms with Crippen molar-refractivity contribution in [2.75, 3.05) is 11.9 Å². The van der Waals surface area contributed by atoms with Crippen LogP contribution in [0.1, 0.15) is 51.5 Å². The van der Waals surface area contributed by atoms with Gasteiger partial charge in [0.05, 0.1) is 10.7 Å². The number of urea groups is 1. The molecule has 0 spiro atoms. The lowest BCUT2D eigenvalue weighted by Gasteiger charge is -2.21. The zero-order valence-electron chi connectivity index (χ0n) is 15.5. The van der Waals surface area contributed by atoms with Crippen molar-refractivity contribution in [3.8, 4) is 0 Å². The first-order chi connectivity index (χ1) is 12.3. The van der Waals surface area contributed by atoms with Crippen LogP contribution in [0.4, 0.5) is 10.5 Å². The van der Waals surface area contributed by atoms with E-state index in [9.17, 15) is 14.4 Å². The topological polar surface area (TPSA) is 78.5 Å². The zero-order chi connectivity index (χ0) is 19.3. The van der Waals surface area contributed by atoms with E-state index in [2.05, 4.69) is 17.6 Å². The Kier molecular flexibility index (Phi) is 6.64. The Morgan fingerprint density at radius 3 is 2.65 bits per heavy atom. The number of rotatable bonds is 8. The zero-order valence-corrected chi connectivity index (χ0v) is 16.3. The normalized spacial score (nSPS) is 19.6. The molecule has 7 heteroatoms. The third kappa shape index (κ3) is 4.75. The van der Waals surface area contributed by atoms with Gasteiger partial charge in [-0.05, 0) is 38.0 Å². The molecular weight excluding hydrogens is 354 g/mol. The maximum Gasteiger partial charge on any atom is 0.325 e. The van der Waals surface area contributed by atoms with Crippen LogP contribution in [0.5, 0.6) is 0 Å². The van der Waals surface area contributed by atoms with Crippen molar-refractivity contribution < 1.29 is 14.4 Å². The van der Waals surface area contributed by atoms with E-state index >= 15 is 0 Å². The van der Waals surface area contributed by atoms with Crippen molar-refractivity contribution in [1.29, 1.82) is 0 Å². The van der Waals surface area contributed by atoms with Gasteiger partial charge >= 0.3 is 6.03 Å². The number of hydrogen-bond acceptors (Lipinski definition) is 3. The highest BCUT2D eigenvalue weighted by Crippen LogP contribution is 2.25. The second-order valence-electron chi connectivity index (χ2n) is 7.00. The largest absolute Gasteiger partial charge is 0.325 e. The molecule has 1 unspecified atom stereocenters. The number of carbonyl (C=O) groups excluding carboxylic acids is 3. The third-order valence-electron chi connectivity index (χ3n) is 4.58. The molecule has 4 amide bonds. The molecule has 142 valence electrons. The second kappa shape index (κ2) is 8.54. The van der Waals surface area contributed by atoms with Crippen molar-refractivity contribution in [3.63, 3.8) is 0 Å². The van der Waals surface area contributed by atoms with Gasteiger partial charge in [0.25, 0.3) is 5.91 Å². The Balaban J connectivity index is 1.97. The van der Waals surface area contributed by atoms with Gasteiger partial charge in [-0.1, -0.05) is 50.3 Å². The van der Waals surface area contributed by atoms with Gasteiger partial charge in [0.15, 0.2) is 0 Å². The molecule has 0 aromatic heterocycles. The van der Waals surface area contributed by atoms with Crippen LogP contribution in [0.3, 0.4) is 0 Å². The molecule has 1 atom stereocenters. The van der Waals surface area contributed by atoms with E-state index in [-0.39, 0.29) is 12.5 Å². The third-order valence-corrected chi connectivity index (χ3v) is 4.89. The number of halogens is 1. The Hall–Kier alpha value is -2.08. The lowest BCUT2D eigenvalue weighted by Crippen LogP contribution is -2.44. The molecule has 1 aliphatic heterocycles. The smallest absolute Gasteiger partial charge is 0.323 e. The summed E-state index contributed by atoms with van der Waals surface area (Å²) in [6.07, 6.45) is 4.64. The van der Waals surface area contributed by atoms with Crippen LogP contribution in [-0.4, -0.2) is 34.8 Å². The average Bonchev–Trinajstić information content (AvgIpc) is 2.78. The summed E-state index contributed by atoms with van der Waals surface area (Å²) in [5.74, 6) is -0.821. The van der Waals surface area contributed by atoms with Crippen molar-refractivity contribution >= 4 is 35.1 Å². The van der Waals surface area contributed by atoms with Gasteiger partial charge in [0.1, 0.15) is 12.1 Å². The highest BCUT2D eigenvalue weighted by Gasteiger charge is 2.47. The van der Waals surface area contributed by atoms with Gasteiger partial charge < -0.3 is 10.6 Å². The van der Waals surface area contributed by atoms with Gasteiger partial charge in [-0.3, -0.25) is 14.5 Å². The highest BCUT2D eigenvalue weighted by molar-refractivity contribution is 6.33. The molecular formula is C19H26ClN3O3. The summed E-state index contributed by atoms with van der Waals surface area (Å²) in [5, 5.41) is 5.79. The molecule has 2 rings (SSSR count). The maximum absolute atomic E-state index is 12.6. The lowest BCUT2D eigenvalue weighted by molar-refractivity contribution is -0.133. The fraction of sp³-hybridized carbons (Fsp3) is 0.526. The predicted molar refractivity (Wildman–Crippen MR) is 102 cm³/mol. The molecule has 1 aliphatic rings. The minimum Gasteiger partial charge on any atom is -0.323 e. The molecule has 1 aromatic rings. The van der Waals surface area contributed by atoms with E-state index in [0.717, 1.165) is 36.1 Å². The van der Waals surface area contributed by atoms with Crippen LogP contribution in [0.15, 0.2) is 18.2 Å². The van der Waals surface area contributed by atoms with Gasteiger partial charge in [0.2, 0.25) is 5.91 Å². The summed E-state index contributed by atoms with van der Waals surface area (Å²) in [7, 11) is 0. The Labute approximate surface area is 159 Å². The Morgan fingerprint density at radius 2 is 2.00 bits per heavy atom. The number of aryl methyl sites for hydroxylation is 1. The quantitative estimate of drug-likeness (QED) is 0.531. The fourth-order valence-electron chi connectivity index (χ4n) is 3.02. The predicted octanol–water partition coefficient (Wildman–Crippen LogP) is 3.87. The summed E-state index contributed by atoms with van der Waals surface area (Å²) in [4.78, 5) is 38.0. The van der Waals surface area contributed by atoms with Gasteiger partial charge in [-0.2, -0.15) is 0 Å². The van der Waals surface area contributed by atoms with E-state index in [1.807, 2.05) is 13.0 Å². The number of carbonyl (C=O) groups is 3. The SMILES string of the molecule is CCCCCCC1(C)NC(=O)N(CC(=O)Nc2ccc(C)cc2Cl)C1=O.